The fraction of sp³-hybridized carbons (Fsp3) is 0.400. The van der Waals surface area contributed by atoms with Gasteiger partial charge in [-0.05, 0) is 61.6 Å². The smallest absolute Gasteiger partial charge is 0.306 e. The van der Waals surface area contributed by atoms with Gasteiger partial charge in [-0.1, -0.05) is 0 Å². The number of fused-ring (bicyclic) bond motifs is 2. The number of hydrogen-bond donors (Lipinski definition) is 2. The van der Waals surface area contributed by atoms with E-state index in [2.05, 4.69) is 20.8 Å². The number of nitrogens with zero attached hydrogens (tertiary/aromatic N) is 3. The van der Waals surface area contributed by atoms with E-state index < -0.39 is 11.9 Å². The third kappa shape index (κ3) is 3.28. The summed E-state index contributed by atoms with van der Waals surface area (Å²) < 4.78 is 55.1. The molecule has 29 heavy (non-hydrogen) atoms. The molecule has 2 fully saturated rings. The highest BCUT2D eigenvalue weighted by Gasteiger charge is 2.37. The molecule has 1 aliphatic carbocycles. The molecule has 0 bridgehead atoms. The van der Waals surface area contributed by atoms with Gasteiger partial charge in [0.05, 0.1) is 0 Å². The molecule has 3 unspecified atom stereocenters. The van der Waals surface area contributed by atoms with Gasteiger partial charge in [-0.2, -0.15) is 13.2 Å². The number of alkyl halides is 3. The first-order valence-corrected chi connectivity index (χ1v) is 9.60. The lowest BCUT2D eigenvalue weighted by Gasteiger charge is -2.32. The minimum absolute atomic E-state index is 0.0287. The summed E-state index contributed by atoms with van der Waals surface area (Å²) in [6, 6.07) is 8.51. The van der Waals surface area contributed by atoms with Gasteiger partial charge in [0.25, 0.3) is 0 Å². The van der Waals surface area contributed by atoms with Crippen LogP contribution in [0.15, 0.2) is 36.4 Å². The van der Waals surface area contributed by atoms with Gasteiger partial charge < -0.3 is 4.57 Å². The number of hydrogen-bond acceptors (Lipinski definition) is 4. The van der Waals surface area contributed by atoms with Crippen LogP contribution in [0.5, 0.6) is 0 Å². The Morgan fingerprint density at radius 1 is 1.00 bits per heavy atom. The Hall–Kier alpha value is -2.52. The predicted octanol–water partition coefficient (Wildman–Crippen LogP) is 4.07. The van der Waals surface area contributed by atoms with Gasteiger partial charge in [0.15, 0.2) is 5.65 Å². The molecule has 1 aliphatic heterocycles. The van der Waals surface area contributed by atoms with E-state index in [0.29, 0.717) is 28.9 Å². The largest absolute Gasteiger partial charge is 0.433 e. The molecule has 5 nitrogen and oxygen atoms in total. The lowest BCUT2D eigenvalue weighted by Crippen LogP contribution is -2.36. The zero-order valence-corrected chi connectivity index (χ0v) is 15.4. The zero-order valence-electron chi connectivity index (χ0n) is 15.4. The quantitative estimate of drug-likeness (QED) is 0.631. The first kappa shape index (κ1) is 18.5. The van der Waals surface area contributed by atoms with E-state index >= 15 is 0 Å². The summed E-state index contributed by atoms with van der Waals surface area (Å²) in [5.41, 5.74) is 6.78. The Bertz CT molecular complexity index is 1040. The van der Waals surface area contributed by atoms with Gasteiger partial charge in [0, 0.05) is 24.2 Å². The fourth-order valence-corrected chi connectivity index (χ4v) is 4.49. The van der Waals surface area contributed by atoms with Gasteiger partial charge in [-0.25, -0.2) is 14.4 Å². The maximum absolute atomic E-state index is 13.4. The van der Waals surface area contributed by atoms with Gasteiger partial charge in [-0.15, -0.1) is 0 Å². The normalized spacial score (nSPS) is 24.8. The molecule has 3 atom stereocenters. The Kier molecular flexibility index (Phi) is 4.32. The topological polar surface area (TPSA) is 54.8 Å². The number of halogens is 4. The van der Waals surface area contributed by atoms with E-state index in [4.69, 9.17) is 0 Å². The number of aromatic nitrogens is 3. The summed E-state index contributed by atoms with van der Waals surface area (Å²) in [5.74, 6) is 0.532. The van der Waals surface area contributed by atoms with Crippen LogP contribution >= 0.6 is 0 Å². The van der Waals surface area contributed by atoms with E-state index in [1.54, 1.807) is 12.1 Å². The van der Waals surface area contributed by atoms with Crippen LogP contribution < -0.4 is 10.9 Å². The van der Waals surface area contributed by atoms with Crippen molar-refractivity contribution in [2.45, 2.75) is 37.5 Å². The maximum atomic E-state index is 13.4. The van der Waals surface area contributed by atoms with Crippen molar-refractivity contribution in [2.24, 2.45) is 5.92 Å². The van der Waals surface area contributed by atoms with Gasteiger partial charge >= 0.3 is 6.18 Å². The molecular weight excluding hydrogens is 386 g/mol. The molecule has 2 N–H and O–H groups in total. The molecule has 1 aromatic carbocycles. The van der Waals surface area contributed by atoms with Crippen molar-refractivity contribution < 1.29 is 17.6 Å². The first-order valence-electron chi connectivity index (χ1n) is 9.60. The minimum atomic E-state index is -4.53. The maximum Gasteiger partial charge on any atom is 0.433 e. The second kappa shape index (κ2) is 6.77. The van der Waals surface area contributed by atoms with E-state index in [9.17, 15) is 17.6 Å². The fourth-order valence-electron chi connectivity index (χ4n) is 4.49. The monoisotopic (exact) mass is 405 g/mol. The van der Waals surface area contributed by atoms with Crippen molar-refractivity contribution in [1.29, 1.82) is 0 Å². The van der Waals surface area contributed by atoms with Crippen molar-refractivity contribution >= 4 is 11.2 Å². The molecule has 9 heteroatoms. The molecule has 2 aliphatic rings. The lowest BCUT2D eigenvalue weighted by atomic mass is 9.82. The number of imidazole rings is 1. The van der Waals surface area contributed by atoms with Crippen LogP contribution in [0.4, 0.5) is 17.6 Å². The third-order valence-corrected chi connectivity index (χ3v) is 5.90. The predicted molar refractivity (Wildman–Crippen MR) is 99.2 cm³/mol. The van der Waals surface area contributed by atoms with Crippen LogP contribution in [0.25, 0.3) is 22.6 Å². The van der Waals surface area contributed by atoms with Crippen molar-refractivity contribution in [3.8, 4) is 11.4 Å². The Morgan fingerprint density at radius 2 is 1.79 bits per heavy atom. The molecule has 5 rings (SSSR count). The minimum Gasteiger partial charge on any atom is -0.306 e. The zero-order chi connectivity index (χ0) is 20.2. The third-order valence-electron chi connectivity index (χ3n) is 5.90. The van der Waals surface area contributed by atoms with E-state index in [1.807, 2.05) is 4.57 Å². The number of rotatable bonds is 2. The second-order valence-electron chi connectivity index (χ2n) is 7.71. The molecule has 0 spiro atoms. The standard InChI is InChI=1S/C20H19F4N5/c21-13-3-1-11(2-4-13)18-26-16-7-8-17(20(22,23)24)27-19(16)29(18)14-5-6-15-12(9-14)10-25-28-15/h1-4,7-8,12,14-15,25,28H,5-6,9-10H2. The highest BCUT2D eigenvalue weighted by atomic mass is 19.4. The molecule has 1 saturated carbocycles. The number of nitrogens with one attached hydrogen (secondary N) is 2. The Morgan fingerprint density at radius 3 is 2.55 bits per heavy atom. The van der Waals surface area contributed by atoms with Gasteiger partial charge in [-0.3, -0.25) is 10.9 Å². The van der Waals surface area contributed by atoms with Crippen molar-refractivity contribution in [3.63, 3.8) is 0 Å². The van der Waals surface area contributed by atoms with E-state index in [1.165, 1.54) is 18.2 Å². The average molecular weight is 405 g/mol. The van der Waals surface area contributed by atoms with Crippen LogP contribution in [0.1, 0.15) is 31.0 Å². The van der Waals surface area contributed by atoms with Crippen LogP contribution in [0.2, 0.25) is 0 Å². The summed E-state index contributed by atoms with van der Waals surface area (Å²) in [4.78, 5) is 8.52. The molecule has 152 valence electrons. The Labute approximate surface area is 164 Å². The summed E-state index contributed by atoms with van der Waals surface area (Å²) in [7, 11) is 0. The Balaban J connectivity index is 1.67. The molecule has 1 saturated heterocycles. The van der Waals surface area contributed by atoms with Crippen LogP contribution in [-0.2, 0) is 6.18 Å². The molecule has 0 radical (unpaired) electrons. The molecule has 0 amide bonds. The lowest BCUT2D eigenvalue weighted by molar-refractivity contribution is -0.141. The van der Waals surface area contributed by atoms with Crippen LogP contribution in [-0.4, -0.2) is 27.1 Å². The summed E-state index contributed by atoms with van der Waals surface area (Å²) in [6.45, 7) is 0.820. The van der Waals surface area contributed by atoms with Crippen LogP contribution in [0, 0.1) is 11.7 Å². The number of pyridine rings is 1. The molecular formula is C20H19F4N5. The molecule has 3 aromatic rings. The second-order valence-corrected chi connectivity index (χ2v) is 7.71. The molecule has 2 aromatic heterocycles. The van der Waals surface area contributed by atoms with Crippen molar-refractivity contribution in [3.05, 3.63) is 47.9 Å². The van der Waals surface area contributed by atoms with E-state index in [0.717, 1.165) is 31.9 Å². The average Bonchev–Trinajstić information content (AvgIpc) is 3.31. The SMILES string of the molecule is Fc1ccc(-c2nc3ccc(C(F)(F)F)nc3n2C2CCC3NNCC3C2)cc1. The van der Waals surface area contributed by atoms with Crippen molar-refractivity contribution in [2.75, 3.05) is 6.54 Å². The highest BCUT2D eigenvalue weighted by molar-refractivity contribution is 5.77. The molecule has 3 heterocycles. The van der Waals surface area contributed by atoms with E-state index in [-0.39, 0.29) is 17.5 Å². The first-order chi connectivity index (χ1) is 13.9. The van der Waals surface area contributed by atoms with Gasteiger partial charge in [0.1, 0.15) is 22.9 Å². The number of benzene rings is 1. The van der Waals surface area contributed by atoms with Gasteiger partial charge in [0.2, 0.25) is 0 Å². The summed E-state index contributed by atoms with van der Waals surface area (Å²) in [6.07, 6.45) is -2.02. The van der Waals surface area contributed by atoms with Crippen molar-refractivity contribution in [1.82, 2.24) is 25.4 Å². The van der Waals surface area contributed by atoms with Crippen LogP contribution in [0.3, 0.4) is 0 Å². The summed E-state index contributed by atoms with van der Waals surface area (Å²) in [5, 5.41) is 0. The number of hydrazine groups is 1. The summed E-state index contributed by atoms with van der Waals surface area (Å²) >= 11 is 0. The highest BCUT2D eigenvalue weighted by Crippen LogP contribution is 2.39.